The molecule has 1 amide bonds. The summed E-state index contributed by atoms with van der Waals surface area (Å²) in [6.07, 6.45) is 0.120. The largest absolute Gasteiger partial charge is 0.433 e. The number of carbonyl (C=O) groups is 1. The maximum absolute atomic E-state index is 13.5. The van der Waals surface area contributed by atoms with Crippen molar-refractivity contribution >= 4 is 33.2 Å². The van der Waals surface area contributed by atoms with Crippen molar-refractivity contribution < 1.29 is 18.0 Å². The molecule has 0 radical (unpaired) electrons. The number of anilines is 1. The van der Waals surface area contributed by atoms with E-state index in [0.717, 1.165) is 28.9 Å². The van der Waals surface area contributed by atoms with Gasteiger partial charge in [0.1, 0.15) is 5.69 Å². The summed E-state index contributed by atoms with van der Waals surface area (Å²) in [5.74, 6) is -0.607. The van der Waals surface area contributed by atoms with Crippen molar-refractivity contribution in [2.24, 2.45) is 0 Å². The van der Waals surface area contributed by atoms with Gasteiger partial charge in [-0.25, -0.2) is 9.50 Å². The summed E-state index contributed by atoms with van der Waals surface area (Å²) < 4.78 is 43.9. The molecule has 0 saturated heterocycles. The summed E-state index contributed by atoms with van der Waals surface area (Å²) in [4.78, 5) is 16.9. The molecule has 1 aliphatic carbocycles. The fraction of sp³-hybridized carbons (Fsp3) is 0.238. The number of carbonyl (C=O) groups excluding carboxylic acids is 1. The van der Waals surface area contributed by atoms with Crippen LogP contribution in [0.3, 0.4) is 0 Å². The molecule has 1 aliphatic rings. The highest BCUT2D eigenvalue weighted by atomic mass is 79.9. The van der Waals surface area contributed by atoms with Crippen molar-refractivity contribution in [3.05, 3.63) is 75.9 Å². The predicted octanol–water partition coefficient (Wildman–Crippen LogP) is 4.89. The number of hydrogen-bond acceptors (Lipinski definition) is 4. The molecule has 1 aromatic carbocycles. The second-order valence-electron chi connectivity index (χ2n) is 7.65. The lowest BCUT2D eigenvalue weighted by Gasteiger charge is -2.10. The lowest BCUT2D eigenvalue weighted by molar-refractivity contribution is -0.142. The van der Waals surface area contributed by atoms with Crippen LogP contribution in [-0.2, 0) is 12.7 Å². The quantitative estimate of drug-likeness (QED) is 0.420. The van der Waals surface area contributed by atoms with Crippen molar-refractivity contribution in [3.63, 3.8) is 0 Å². The van der Waals surface area contributed by atoms with Crippen molar-refractivity contribution in [2.45, 2.75) is 31.5 Å². The fourth-order valence-corrected chi connectivity index (χ4v) is 3.65. The lowest BCUT2D eigenvalue weighted by Crippen LogP contribution is -2.16. The van der Waals surface area contributed by atoms with Crippen LogP contribution in [0.2, 0.25) is 0 Å². The second kappa shape index (κ2) is 7.73. The lowest BCUT2D eigenvalue weighted by atomic mass is 10.2. The summed E-state index contributed by atoms with van der Waals surface area (Å²) in [6, 6.07) is 10.0. The number of alkyl halides is 3. The normalized spacial score (nSPS) is 14.1. The monoisotopic (exact) mass is 504 g/mol. The highest BCUT2D eigenvalue weighted by molar-refractivity contribution is 9.10. The third kappa shape index (κ3) is 4.24. The molecule has 0 atom stereocenters. The van der Waals surface area contributed by atoms with E-state index in [1.54, 1.807) is 10.9 Å². The number of fused-ring (bicyclic) bond motifs is 1. The van der Waals surface area contributed by atoms with E-state index in [2.05, 4.69) is 36.4 Å². The molecule has 32 heavy (non-hydrogen) atoms. The van der Waals surface area contributed by atoms with Gasteiger partial charge in [0.15, 0.2) is 11.3 Å². The predicted molar refractivity (Wildman–Crippen MR) is 113 cm³/mol. The zero-order valence-electron chi connectivity index (χ0n) is 16.5. The van der Waals surface area contributed by atoms with Crippen molar-refractivity contribution in [3.8, 4) is 0 Å². The average Bonchev–Trinajstić information content (AvgIpc) is 3.35. The molecule has 164 valence electrons. The van der Waals surface area contributed by atoms with Gasteiger partial charge in [0, 0.05) is 28.3 Å². The van der Waals surface area contributed by atoms with Crippen LogP contribution in [0.5, 0.6) is 0 Å². The van der Waals surface area contributed by atoms with Crippen LogP contribution in [0.25, 0.3) is 5.65 Å². The first-order valence-electron chi connectivity index (χ1n) is 9.82. The standard InChI is InChI=1S/C21H16BrF3N6O/c22-14-5-1-12(2-6-14)10-30-11-15(9-26-30)27-20(32)17-8-19-28-16(13-3-4-13)7-18(21(23,24)25)31(19)29-17/h1-2,5-9,11,13H,3-4,10H2,(H,27,32). The van der Waals surface area contributed by atoms with Gasteiger partial charge in [0.2, 0.25) is 0 Å². The SMILES string of the molecule is O=C(Nc1cnn(Cc2ccc(Br)cc2)c1)c1cc2nc(C3CC3)cc(C(F)(F)F)n2n1. The van der Waals surface area contributed by atoms with E-state index in [9.17, 15) is 18.0 Å². The molecule has 7 nitrogen and oxygen atoms in total. The van der Waals surface area contributed by atoms with Crippen molar-refractivity contribution in [2.75, 3.05) is 5.32 Å². The Hall–Kier alpha value is -3.21. The van der Waals surface area contributed by atoms with Crippen LogP contribution in [0.1, 0.15) is 46.2 Å². The summed E-state index contributed by atoms with van der Waals surface area (Å²) in [5.41, 5.74) is 0.713. The number of amides is 1. The van der Waals surface area contributed by atoms with Crippen LogP contribution in [-0.4, -0.2) is 30.3 Å². The zero-order valence-corrected chi connectivity index (χ0v) is 18.1. The van der Waals surface area contributed by atoms with E-state index in [1.807, 2.05) is 24.3 Å². The number of hydrogen-bond donors (Lipinski definition) is 1. The highest BCUT2D eigenvalue weighted by Crippen LogP contribution is 2.41. The van der Waals surface area contributed by atoms with Gasteiger partial charge in [-0.1, -0.05) is 28.1 Å². The first kappa shape index (κ1) is 20.7. The Morgan fingerprint density at radius 1 is 1.19 bits per heavy atom. The Bertz CT molecular complexity index is 1310. The molecule has 3 aromatic heterocycles. The van der Waals surface area contributed by atoms with Crippen LogP contribution < -0.4 is 5.32 Å². The van der Waals surface area contributed by atoms with Gasteiger partial charge in [0.25, 0.3) is 5.91 Å². The molecule has 0 unspecified atom stereocenters. The van der Waals surface area contributed by atoms with E-state index in [0.29, 0.717) is 22.4 Å². The summed E-state index contributed by atoms with van der Waals surface area (Å²) in [5, 5.41) is 10.7. The van der Waals surface area contributed by atoms with Gasteiger partial charge in [-0.3, -0.25) is 9.48 Å². The third-order valence-electron chi connectivity index (χ3n) is 5.11. The summed E-state index contributed by atoms with van der Waals surface area (Å²) in [7, 11) is 0. The van der Waals surface area contributed by atoms with Crippen LogP contribution >= 0.6 is 15.9 Å². The molecule has 1 fully saturated rings. The van der Waals surface area contributed by atoms with E-state index < -0.39 is 17.8 Å². The minimum Gasteiger partial charge on any atom is -0.318 e. The van der Waals surface area contributed by atoms with E-state index in [-0.39, 0.29) is 17.3 Å². The molecule has 0 bridgehead atoms. The number of nitrogens with zero attached hydrogens (tertiary/aromatic N) is 5. The number of rotatable bonds is 5. The molecular weight excluding hydrogens is 489 g/mol. The van der Waals surface area contributed by atoms with Crippen LogP contribution in [0.15, 0.2) is 53.3 Å². The Balaban J connectivity index is 1.37. The molecule has 11 heteroatoms. The van der Waals surface area contributed by atoms with Crippen LogP contribution in [0, 0.1) is 0 Å². The Morgan fingerprint density at radius 2 is 1.94 bits per heavy atom. The van der Waals surface area contributed by atoms with Gasteiger partial charge in [-0.2, -0.15) is 23.4 Å². The molecule has 0 aliphatic heterocycles. The highest BCUT2D eigenvalue weighted by Gasteiger charge is 2.37. The minimum absolute atomic E-state index is 0.00203. The number of aromatic nitrogens is 5. The molecular formula is C21H16BrF3N6O. The minimum atomic E-state index is -4.61. The average molecular weight is 505 g/mol. The Labute approximate surface area is 188 Å². The van der Waals surface area contributed by atoms with E-state index in [1.165, 1.54) is 12.3 Å². The van der Waals surface area contributed by atoms with Crippen LogP contribution in [0.4, 0.5) is 18.9 Å². The summed E-state index contributed by atoms with van der Waals surface area (Å²) >= 11 is 3.38. The molecule has 4 aromatic rings. The Kier molecular flexibility index (Phi) is 5.00. The van der Waals surface area contributed by atoms with E-state index >= 15 is 0 Å². The molecule has 1 saturated carbocycles. The van der Waals surface area contributed by atoms with E-state index in [4.69, 9.17) is 0 Å². The third-order valence-corrected chi connectivity index (χ3v) is 5.64. The molecule has 1 N–H and O–H groups in total. The van der Waals surface area contributed by atoms with Gasteiger partial charge < -0.3 is 5.32 Å². The van der Waals surface area contributed by atoms with Gasteiger partial charge in [0.05, 0.1) is 18.4 Å². The molecule has 0 spiro atoms. The maximum Gasteiger partial charge on any atom is 0.433 e. The summed E-state index contributed by atoms with van der Waals surface area (Å²) in [6.45, 7) is 0.500. The number of nitrogens with one attached hydrogen (secondary N) is 1. The zero-order chi connectivity index (χ0) is 22.5. The second-order valence-corrected chi connectivity index (χ2v) is 8.56. The molecule has 5 rings (SSSR count). The topological polar surface area (TPSA) is 77.1 Å². The number of halogens is 4. The smallest absolute Gasteiger partial charge is 0.318 e. The first-order valence-corrected chi connectivity index (χ1v) is 10.6. The van der Waals surface area contributed by atoms with Gasteiger partial charge in [-0.05, 0) is 36.6 Å². The van der Waals surface area contributed by atoms with Gasteiger partial charge >= 0.3 is 6.18 Å². The van der Waals surface area contributed by atoms with Gasteiger partial charge in [-0.15, -0.1) is 0 Å². The van der Waals surface area contributed by atoms with Crippen molar-refractivity contribution in [1.29, 1.82) is 0 Å². The first-order chi connectivity index (χ1) is 15.3. The van der Waals surface area contributed by atoms with Crippen molar-refractivity contribution in [1.82, 2.24) is 24.4 Å². The maximum atomic E-state index is 13.5. The Morgan fingerprint density at radius 3 is 2.62 bits per heavy atom. The fourth-order valence-electron chi connectivity index (χ4n) is 3.38. The molecule has 3 heterocycles. The number of benzene rings is 1.